The minimum atomic E-state index is 0.394. The predicted octanol–water partition coefficient (Wildman–Crippen LogP) is 3.47. The minimum absolute atomic E-state index is 0.394. The van der Waals surface area contributed by atoms with E-state index in [4.69, 9.17) is 15.2 Å². The third-order valence-corrected chi connectivity index (χ3v) is 3.52. The lowest BCUT2D eigenvalue weighted by Crippen LogP contribution is -2.08. The Morgan fingerprint density at radius 1 is 1.00 bits per heavy atom. The molecule has 2 rings (SSSR count). The first-order chi connectivity index (χ1) is 10.2. The van der Waals surface area contributed by atoms with Crippen molar-refractivity contribution in [3.8, 4) is 5.75 Å². The smallest absolute Gasteiger partial charge is 0.120 e. The molecule has 0 bridgehead atoms. The lowest BCUT2D eigenvalue weighted by atomic mass is 10.0. The van der Waals surface area contributed by atoms with Crippen molar-refractivity contribution in [1.82, 2.24) is 0 Å². The van der Waals surface area contributed by atoms with Crippen molar-refractivity contribution >= 4 is 0 Å². The van der Waals surface area contributed by atoms with Gasteiger partial charge in [0.25, 0.3) is 0 Å². The Kier molecular flexibility index (Phi) is 5.78. The maximum Gasteiger partial charge on any atom is 0.120 e. The first kappa shape index (κ1) is 15.5. The van der Waals surface area contributed by atoms with Gasteiger partial charge in [0.15, 0.2) is 0 Å². The summed E-state index contributed by atoms with van der Waals surface area (Å²) in [6.07, 6.45) is 0. The Labute approximate surface area is 126 Å². The zero-order chi connectivity index (χ0) is 15.1. The fourth-order valence-electron chi connectivity index (χ4n) is 2.14. The summed E-state index contributed by atoms with van der Waals surface area (Å²) in [7, 11) is 1.69. The van der Waals surface area contributed by atoms with Crippen LogP contribution in [0.15, 0.2) is 48.5 Å². The molecule has 0 saturated heterocycles. The summed E-state index contributed by atoms with van der Waals surface area (Å²) in [4.78, 5) is 0. The largest absolute Gasteiger partial charge is 0.489 e. The lowest BCUT2D eigenvalue weighted by molar-refractivity contribution is 0.184. The standard InChI is InChI=1S/C18H23NO2/c1-14(11-19)17-8-6-15(7-9-17)13-21-18-5-3-4-16(10-18)12-20-2/h3-10,14H,11-13,19H2,1-2H3. The second kappa shape index (κ2) is 7.81. The summed E-state index contributed by atoms with van der Waals surface area (Å²) in [5.74, 6) is 1.26. The van der Waals surface area contributed by atoms with Crippen molar-refractivity contribution < 1.29 is 9.47 Å². The van der Waals surface area contributed by atoms with E-state index >= 15 is 0 Å². The van der Waals surface area contributed by atoms with Crippen LogP contribution in [0.5, 0.6) is 5.75 Å². The number of methoxy groups -OCH3 is 1. The molecule has 0 aliphatic heterocycles. The highest BCUT2D eigenvalue weighted by atomic mass is 16.5. The molecule has 0 fully saturated rings. The number of benzene rings is 2. The molecular weight excluding hydrogens is 262 g/mol. The van der Waals surface area contributed by atoms with Crippen LogP contribution in [0.3, 0.4) is 0 Å². The molecule has 0 spiro atoms. The number of nitrogens with two attached hydrogens (primary N) is 1. The maximum absolute atomic E-state index is 5.83. The predicted molar refractivity (Wildman–Crippen MR) is 85.4 cm³/mol. The third-order valence-electron chi connectivity index (χ3n) is 3.52. The van der Waals surface area contributed by atoms with E-state index in [1.807, 2.05) is 24.3 Å². The zero-order valence-corrected chi connectivity index (χ0v) is 12.7. The van der Waals surface area contributed by atoms with Crippen molar-refractivity contribution in [3.63, 3.8) is 0 Å². The van der Waals surface area contributed by atoms with Crippen molar-refractivity contribution in [1.29, 1.82) is 0 Å². The number of hydrogen-bond donors (Lipinski definition) is 1. The van der Waals surface area contributed by atoms with Gasteiger partial charge in [0.1, 0.15) is 12.4 Å². The van der Waals surface area contributed by atoms with Crippen LogP contribution in [0.2, 0.25) is 0 Å². The minimum Gasteiger partial charge on any atom is -0.489 e. The van der Waals surface area contributed by atoms with Gasteiger partial charge in [0.05, 0.1) is 6.61 Å². The number of hydrogen-bond acceptors (Lipinski definition) is 3. The third kappa shape index (κ3) is 4.59. The van der Waals surface area contributed by atoms with Gasteiger partial charge in [0, 0.05) is 7.11 Å². The monoisotopic (exact) mass is 285 g/mol. The van der Waals surface area contributed by atoms with Crippen LogP contribution in [0.25, 0.3) is 0 Å². The molecule has 0 amide bonds. The lowest BCUT2D eigenvalue weighted by Gasteiger charge is -2.11. The van der Waals surface area contributed by atoms with E-state index in [0.717, 1.165) is 16.9 Å². The molecule has 112 valence electrons. The molecule has 0 aromatic heterocycles. The van der Waals surface area contributed by atoms with Crippen molar-refractivity contribution in [2.24, 2.45) is 5.73 Å². The van der Waals surface area contributed by atoms with Crippen LogP contribution >= 0.6 is 0 Å². The molecule has 0 radical (unpaired) electrons. The Hall–Kier alpha value is -1.84. The molecule has 1 atom stereocenters. The van der Waals surface area contributed by atoms with Gasteiger partial charge in [-0.25, -0.2) is 0 Å². The first-order valence-electron chi connectivity index (χ1n) is 7.22. The summed E-state index contributed by atoms with van der Waals surface area (Å²) in [6, 6.07) is 16.4. The summed E-state index contributed by atoms with van der Waals surface area (Å²) in [5.41, 5.74) is 9.21. The van der Waals surface area contributed by atoms with Gasteiger partial charge in [-0.15, -0.1) is 0 Å². The van der Waals surface area contributed by atoms with E-state index in [1.54, 1.807) is 7.11 Å². The molecule has 0 aliphatic rings. The van der Waals surface area contributed by atoms with Crippen LogP contribution in [-0.4, -0.2) is 13.7 Å². The quantitative estimate of drug-likeness (QED) is 0.847. The molecule has 3 heteroatoms. The Balaban J connectivity index is 1.95. The van der Waals surface area contributed by atoms with Gasteiger partial charge < -0.3 is 15.2 Å². The van der Waals surface area contributed by atoms with Gasteiger partial charge in [0.2, 0.25) is 0 Å². The number of ether oxygens (including phenoxy) is 2. The van der Waals surface area contributed by atoms with E-state index in [1.165, 1.54) is 5.56 Å². The number of rotatable bonds is 7. The summed E-state index contributed by atoms with van der Waals surface area (Å²) in [6.45, 7) is 3.96. The van der Waals surface area contributed by atoms with Gasteiger partial charge in [-0.2, -0.15) is 0 Å². The van der Waals surface area contributed by atoms with Gasteiger partial charge >= 0.3 is 0 Å². The van der Waals surface area contributed by atoms with E-state index in [0.29, 0.717) is 25.7 Å². The summed E-state index contributed by atoms with van der Waals surface area (Å²) >= 11 is 0. The zero-order valence-electron chi connectivity index (χ0n) is 12.7. The summed E-state index contributed by atoms with van der Waals surface area (Å²) < 4.78 is 11.0. The van der Waals surface area contributed by atoms with Crippen LogP contribution in [0.4, 0.5) is 0 Å². The second-order valence-electron chi connectivity index (χ2n) is 5.25. The molecule has 0 saturated carbocycles. The first-order valence-corrected chi connectivity index (χ1v) is 7.22. The molecule has 0 heterocycles. The van der Waals surface area contributed by atoms with E-state index in [-0.39, 0.29) is 0 Å². The maximum atomic E-state index is 5.83. The fraction of sp³-hybridized carbons (Fsp3) is 0.333. The molecule has 3 nitrogen and oxygen atoms in total. The second-order valence-corrected chi connectivity index (χ2v) is 5.25. The highest BCUT2D eigenvalue weighted by Crippen LogP contribution is 2.18. The average Bonchev–Trinajstić information content (AvgIpc) is 2.53. The average molecular weight is 285 g/mol. The van der Waals surface area contributed by atoms with Crippen LogP contribution in [-0.2, 0) is 18.0 Å². The SMILES string of the molecule is COCc1cccc(OCc2ccc(C(C)CN)cc2)c1. The normalized spacial score (nSPS) is 12.1. The fourth-order valence-corrected chi connectivity index (χ4v) is 2.14. The van der Waals surface area contributed by atoms with E-state index in [2.05, 4.69) is 31.2 Å². The molecule has 2 aromatic carbocycles. The highest BCUT2D eigenvalue weighted by molar-refractivity contribution is 5.29. The Morgan fingerprint density at radius 2 is 1.76 bits per heavy atom. The Morgan fingerprint density at radius 3 is 2.43 bits per heavy atom. The van der Waals surface area contributed by atoms with Gasteiger partial charge in [-0.05, 0) is 41.3 Å². The van der Waals surface area contributed by atoms with E-state index < -0.39 is 0 Å². The van der Waals surface area contributed by atoms with Crippen molar-refractivity contribution in [2.75, 3.05) is 13.7 Å². The molecular formula is C18H23NO2. The molecule has 2 aromatic rings. The molecule has 2 N–H and O–H groups in total. The van der Waals surface area contributed by atoms with Gasteiger partial charge in [-0.3, -0.25) is 0 Å². The molecule has 0 aliphatic carbocycles. The highest BCUT2D eigenvalue weighted by Gasteiger charge is 2.03. The van der Waals surface area contributed by atoms with E-state index in [9.17, 15) is 0 Å². The van der Waals surface area contributed by atoms with Crippen LogP contribution in [0, 0.1) is 0 Å². The van der Waals surface area contributed by atoms with Crippen molar-refractivity contribution in [3.05, 3.63) is 65.2 Å². The molecule has 21 heavy (non-hydrogen) atoms. The van der Waals surface area contributed by atoms with Gasteiger partial charge in [-0.1, -0.05) is 43.3 Å². The van der Waals surface area contributed by atoms with Crippen LogP contribution < -0.4 is 10.5 Å². The van der Waals surface area contributed by atoms with Crippen LogP contribution in [0.1, 0.15) is 29.5 Å². The topological polar surface area (TPSA) is 44.5 Å². The van der Waals surface area contributed by atoms with Crippen molar-refractivity contribution in [2.45, 2.75) is 26.1 Å². The Bertz CT molecular complexity index is 551. The molecule has 1 unspecified atom stereocenters. The summed E-state index contributed by atoms with van der Waals surface area (Å²) in [5, 5.41) is 0.